The second-order valence-electron chi connectivity index (χ2n) is 17.4. The van der Waals surface area contributed by atoms with Crippen LogP contribution < -0.4 is 0 Å². The first-order valence-corrected chi connectivity index (χ1v) is 21.9. The van der Waals surface area contributed by atoms with Gasteiger partial charge in [0.25, 0.3) is 0 Å². The standard InChI is InChI=1S/C57H51N4.Ir/c1-8-9-10-11-16-40-21-24-47-48-25-22-41(32-52(48)57(51(47)31-40)49-19-14-12-17-45(49)46-18-13-15-20-50(46)57)53-26-23-42(33-58-53)54-59-55(43-27-34(2)38(6)35(3)28-43)61-56(60-54)44-29-36(4)39(7)37(5)30-44;/h12-15,17-21,23-33H,8-11,16H2,1-7H3;/q-1;. The Morgan fingerprint density at radius 1 is 0.500 bits per heavy atom. The fourth-order valence-electron chi connectivity index (χ4n) is 9.96. The van der Waals surface area contributed by atoms with Crippen molar-refractivity contribution >= 4 is 0 Å². The summed E-state index contributed by atoms with van der Waals surface area (Å²) in [5, 5.41) is 0. The molecular formula is C57H51IrN4-. The topological polar surface area (TPSA) is 51.6 Å². The maximum atomic E-state index is 5.12. The van der Waals surface area contributed by atoms with Crippen LogP contribution in [0.25, 0.3) is 67.7 Å². The number of rotatable bonds is 9. The van der Waals surface area contributed by atoms with Gasteiger partial charge in [0.05, 0.1) is 5.41 Å². The van der Waals surface area contributed by atoms with Crippen molar-refractivity contribution in [3.05, 3.63) is 189 Å². The smallest absolute Gasteiger partial charge is 0.165 e. The molecule has 0 bridgehead atoms. The molecule has 62 heavy (non-hydrogen) atoms. The molecule has 0 saturated carbocycles. The van der Waals surface area contributed by atoms with Gasteiger partial charge >= 0.3 is 0 Å². The van der Waals surface area contributed by atoms with Crippen LogP contribution in [-0.4, -0.2) is 19.9 Å². The molecule has 0 N–H and O–H groups in total. The molecule has 1 spiro atoms. The van der Waals surface area contributed by atoms with Gasteiger partial charge in [-0.05, 0) is 151 Å². The molecule has 0 amide bonds. The quantitative estimate of drug-likeness (QED) is 0.107. The van der Waals surface area contributed by atoms with Crippen LogP contribution in [-0.2, 0) is 31.9 Å². The van der Waals surface area contributed by atoms with Crippen LogP contribution in [0.4, 0.5) is 0 Å². The van der Waals surface area contributed by atoms with Gasteiger partial charge in [0, 0.05) is 43.0 Å². The third-order valence-corrected chi connectivity index (χ3v) is 13.7. The molecule has 10 rings (SSSR count). The molecule has 2 aliphatic rings. The van der Waals surface area contributed by atoms with Gasteiger partial charge in [0.1, 0.15) is 0 Å². The normalized spacial score (nSPS) is 12.8. The van der Waals surface area contributed by atoms with Crippen LogP contribution in [0.15, 0.2) is 121 Å². The molecule has 8 aromatic rings. The van der Waals surface area contributed by atoms with E-state index < -0.39 is 5.41 Å². The van der Waals surface area contributed by atoms with E-state index in [4.69, 9.17) is 19.9 Å². The van der Waals surface area contributed by atoms with E-state index in [0.717, 1.165) is 34.4 Å². The minimum atomic E-state index is -0.432. The summed E-state index contributed by atoms with van der Waals surface area (Å²) >= 11 is 0. The molecule has 2 aromatic heterocycles. The van der Waals surface area contributed by atoms with E-state index >= 15 is 0 Å². The summed E-state index contributed by atoms with van der Waals surface area (Å²) in [7, 11) is 0. The van der Waals surface area contributed by atoms with Crippen LogP contribution in [0.5, 0.6) is 0 Å². The van der Waals surface area contributed by atoms with E-state index in [2.05, 4.69) is 170 Å². The Kier molecular flexibility index (Phi) is 11.0. The Morgan fingerprint density at radius 3 is 1.58 bits per heavy atom. The van der Waals surface area contributed by atoms with Gasteiger partial charge in [-0.3, -0.25) is 0 Å². The summed E-state index contributed by atoms with van der Waals surface area (Å²) in [6.07, 6.45) is 8.01. The molecule has 2 heterocycles. The third-order valence-electron chi connectivity index (χ3n) is 13.7. The molecule has 0 saturated heterocycles. The van der Waals surface area contributed by atoms with E-state index in [-0.39, 0.29) is 20.1 Å². The summed E-state index contributed by atoms with van der Waals surface area (Å²) in [5.41, 5.74) is 23.6. The first-order chi connectivity index (χ1) is 29.6. The van der Waals surface area contributed by atoms with E-state index in [1.807, 2.05) is 6.20 Å². The van der Waals surface area contributed by atoms with Crippen LogP contribution in [0, 0.1) is 47.6 Å². The fraction of sp³-hybridized carbons (Fsp3) is 0.228. The van der Waals surface area contributed by atoms with Crippen LogP contribution >= 0.6 is 0 Å². The molecule has 0 unspecified atom stereocenters. The SMILES string of the molecule is CCCCCCc1ccc2c(c1)C1(c3ccccc3-c3ccccc31)c1cc(-c3ccc(-c4nc(-c5cc(C)c(C)c(C)c5)nc(-c5cc(C)c(C)c(C)c5)n4)cn3)[c-]cc1-2.[Ir]. The van der Waals surface area contributed by atoms with Crippen molar-refractivity contribution in [1.29, 1.82) is 0 Å². The van der Waals surface area contributed by atoms with Crippen molar-refractivity contribution < 1.29 is 20.1 Å². The Labute approximate surface area is 380 Å². The molecule has 2 aliphatic carbocycles. The van der Waals surface area contributed by atoms with Crippen molar-refractivity contribution in [2.45, 2.75) is 86.0 Å². The number of hydrogen-bond donors (Lipinski definition) is 0. The fourth-order valence-corrected chi connectivity index (χ4v) is 9.96. The van der Waals surface area contributed by atoms with Gasteiger partial charge in [0.2, 0.25) is 0 Å². The monoisotopic (exact) mass is 984 g/mol. The zero-order valence-corrected chi connectivity index (χ0v) is 39.1. The van der Waals surface area contributed by atoms with Crippen LogP contribution in [0.2, 0.25) is 0 Å². The molecule has 6 aromatic carbocycles. The van der Waals surface area contributed by atoms with Crippen molar-refractivity contribution in [3.8, 4) is 67.7 Å². The number of aromatic nitrogens is 4. The van der Waals surface area contributed by atoms with Crippen molar-refractivity contribution in [2.24, 2.45) is 0 Å². The van der Waals surface area contributed by atoms with Crippen LogP contribution in [0.1, 0.15) is 93.8 Å². The maximum absolute atomic E-state index is 5.12. The average Bonchev–Trinajstić information content (AvgIpc) is 3.75. The summed E-state index contributed by atoms with van der Waals surface area (Å²) < 4.78 is 0. The van der Waals surface area contributed by atoms with Gasteiger partial charge in [-0.15, -0.1) is 29.3 Å². The Hall–Kier alpha value is -5.87. The van der Waals surface area contributed by atoms with Gasteiger partial charge in [-0.25, -0.2) is 15.0 Å². The van der Waals surface area contributed by atoms with Gasteiger partial charge in [-0.1, -0.05) is 116 Å². The molecular weight excluding hydrogens is 933 g/mol. The predicted molar refractivity (Wildman–Crippen MR) is 251 cm³/mol. The summed E-state index contributed by atoms with van der Waals surface area (Å²) in [5.74, 6) is 1.91. The summed E-state index contributed by atoms with van der Waals surface area (Å²) in [6, 6.07) is 46.5. The first kappa shape index (κ1) is 41.5. The molecule has 4 nitrogen and oxygen atoms in total. The number of unbranched alkanes of at least 4 members (excludes halogenated alkanes) is 3. The van der Waals surface area contributed by atoms with Crippen molar-refractivity contribution in [3.63, 3.8) is 0 Å². The second kappa shape index (κ2) is 16.4. The van der Waals surface area contributed by atoms with E-state index in [1.165, 1.54) is 109 Å². The van der Waals surface area contributed by atoms with Crippen molar-refractivity contribution in [1.82, 2.24) is 19.9 Å². The van der Waals surface area contributed by atoms with Gasteiger partial charge in [0.15, 0.2) is 17.5 Å². The minimum Gasteiger partial charge on any atom is -0.304 e. The number of nitrogens with zero attached hydrogens (tertiary/aromatic N) is 4. The zero-order valence-electron chi connectivity index (χ0n) is 36.7. The maximum Gasteiger partial charge on any atom is 0.165 e. The van der Waals surface area contributed by atoms with E-state index in [9.17, 15) is 0 Å². The van der Waals surface area contributed by atoms with Gasteiger partial charge in [-0.2, -0.15) is 0 Å². The Morgan fingerprint density at radius 2 is 1.03 bits per heavy atom. The number of pyridine rings is 1. The van der Waals surface area contributed by atoms with E-state index in [1.54, 1.807) is 0 Å². The summed E-state index contributed by atoms with van der Waals surface area (Å²) in [4.78, 5) is 20.4. The van der Waals surface area contributed by atoms with Gasteiger partial charge < -0.3 is 4.98 Å². The number of fused-ring (bicyclic) bond motifs is 10. The molecule has 5 heteroatoms. The third kappa shape index (κ3) is 6.78. The number of hydrogen-bond acceptors (Lipinski definition) is 4. The van der Waals surface area contributed by atoms with Crippen molar-refractivity contribution in [2.75, 3.05) is 0 Å². The number of benzene rings is 6. The summed E-state index contributed by atoms with van der Waals surface area (Å²) in [6.45, 7) is 15.2. The molecule has 0 atom stereocenters. The Bertz CT molecular complexity index is 2870. The van der Waals surface area contributed by atoms with E-state index in [0.29, 0.717) is 17.5 Å². The largest absolute Gasteiger partial charge is 0.304 e. The first-order valence-electron chi connectivity index (χ1n) is 21.9. The average molecular weight is 984 g/mol. The molecule has 1 radical (unpaired) electrons. The number of aryl methyl sites for hydroxylation is 5. The zero-order chi connectivity index (χ0) is 42.0. The molecule has 309 valence electrons. The predicted octanol–water partition coefficient (Wildman–Crippen LogP) is 14.0. The Balaban J connectivity index is 0.00000490. The molecule has 0 aliphatic heterocycles. The minimum absolute atomic E-state index is 0. The molecule has 0 fully saturated rings. The van der Waals surface area contributed by atoms with Crippen LogP contribution in [0.3, 0.4) is 0 Å². The second-order valence-corrected chi connectivity index (χ2v) is 17.4.